The lowest BCUT2D eigenvalue weighted by atomic mass is 9.89. The van der Waals surface area contributed by atoms with Crippen LogP contribution in [0.4, 0.5) is 0 Å². The predicted octanol–water partition coefficient (Wildman–Crippen LogP) is 6.71. The van der Waals surface area contributed by atoms with Crippen molar-refractivity contribution in [2.45, 2.75) is 59.2 Å². The molecule has 3 N–H and O–H groups in total. The summed E-state index contributed by atoms with van der Waals surface area (Å²) >= 11 is 0. The quantitative estimate of drug-likeness (QED) is 0.320. The van der Waals surface area contributed by atoms with Crippen molar-refractivity contribution >= 4 is 11.9 Å². The summed E-state index contributed by atoms with van der Waals surface area (Å²) in [4.78, 5) is 13.2. The van der Waals surface area contributed by atoms with Crippen LogP contribution in [0.25, 0.3) is 6.08 Å². The molecule has 0 bridgehead atoms. The fourth-order valence-electron chi connectivity index (χ4n) is 4.37. The van der Waals surface area contributed by atoms with Gasteiger partial charge in [0.15, 0.2) is 17.3 Å². The zero-order valence-electron chi connectivity index (χ0n) is 21.3. The molecule has 6 nitrogen and oxygen atoms in total. The van der Waals surface area contributed by atoms with Crippen LogP contribution in [-0.4, -0.2) is 26.7 Å². The summed E-state index contributed by atoms with van der Waals surface area (Å²) in [6.45, 7) is 9.74. The smallest absolute Gasteiger partial charge is 0.174 e. The number of ketones is 1. The molecular formula is C30H32O6. The second-order valence-corrected chi connectivity index (χ2v) is 9.95. The van der Waals surface area contributed by atoms with E-state index in [4.69, 9.17) is 9.47 Å². The second kappa shape index (κ2) is 9.61. The number of ether oxygens (including phenoxy) is 2. The monoisotopic (exact) mass is 488 g/mol. The largest absolute Gasteiger partial charge is 0.507 e. The maximum atomic E-state index is 13.2. The summed E-state index contributed by atoms with van der Waals surface area (Å²) in [6.07, 6.45) is 11.0. The molecule has 0 unspecified atom stereocenters. The Bertz CT molecular complexity index is 1340. The van der Waals surface area contributed by atoms with Gasteiger partial charge in [-0.1, -0.05) is 41.5 Å². The summed E-state index contributed by atoms with van der Waals surface area (Å²) in [6, 6.07) is 4.61. The van der Waals surface area contributed by atoms with Crippen molar-refractivity contribution in [3.63, 3.8) is 0 Å². The zero-order chi connectivity index (χ0) is 26.2. The highest BCUT2D eigenvalue weighted by molar-refractivity contribution is 6.03. The third kappa shape index (κ3) is 4.89. The van der Waals surface area contributed by atoms with Gasteiger partial charge in [0.2, 0.25) is 0 Å². The number of carbonyl (C=O) groups excluding carboxylic acids is 1. The number of hydrogen-bond donors (Lipinski definition) is 3. The highest BCUT2D eigenvalue weighted by atomic mass is 16.5. The molecule has 2 atom stereocenters. The van der Waals surface area contributed by atoms with Gasteiger partial charge in [0.05, 0.1) is 6.42 Å². The molecule has 0 saturated heterocycles. The van der Waals surface area contributed by atoms with E-state index in [1.807, 2.05) is 71.1 Å². The van der Waals surface area contributed by atoms with Gasteiger partial charge in [-0.2, -0.15) is 0 Å². The van der Waals surface area contributed by atoms with E-state index >= 15 is 0 Å². The Balaban J connectivity index is 1.69. The topological polar surface area (TPSA) is 96.2 Å². The molecule has 2 aliphatic heterocycles. The number of allylic oxidation sites excluding steroid dienone is 5. The van der Waals surface area contributed by atoms with Gasteiger partial charge in [-0.05, 0) is 59.3 Å². The van der Waals surface area contributed by atoms with Crippen LogP contribution in [0, 0.1) is 0 Å². The number of Topliss-reactive ketones (excluding diaryl/α,β-unsaturated/α-hetero) is 1. The minimum absolute atomic E-state index is 0.00375. The van der Waals surface area contributed by atoms with Gasteiger partial charge in [-0.3, -0.25) is 4.79 Å². The molecule has 2 aromatic carbocycles. The van der Waals surface area contributed by atoms with Crippen LogP contribution >= 0.6 is 0 Å². The van der Waals surface area contributed by atoms with Gasteiger partial charge < -0.3 is 24.8 Å². The fraction of sp³-hybridized carbons (Fsp3) is 0.300. The minimum Gasteiger partial charge on any atom is -0.507 e. The Morgan fingerprint density at radius 1 is 1.11 bits per heavy atom. The van der Waals surface area contributed by atoms with E-state index in [0.29, 0.717) is 28.9 Å². The van der Waals surface area contributed by atoms with E-state index in [0.717, 1.165) is 11.1 Å². The van der Waals surface area contributed by atoms with Crippen LogP contribution in [0.2, 0.25) is 0 Å². The van der Waals surface area contributed by atoms with Gasteiger partial charge in [0.1, 0.15) is 34.5 Å². The first-order valence-corrected chi connectivity index (χ1v) is 12.0. The van der Waals surface area contributed by atoms with Crippen LogP contribution in [0.3, 0.4) is 0 Å². The lowest BCUT2D eigenvalue weighted by molar-refractivity contribution is 0.0842. The average molecular weight is 489 g/mol. The summed E-state index contributed by atoms with van der Waals surface area (Å²) in [5, 5.41) is 31.9. The first-order valence-electron chi connectivity index (χ1n) is 12.0. The maximum absolute atomic E-state index is 13.2. The zero-order valence-corrected chi connectivity index (χ0v) is 21.3. The van der Waals surface area contributed by atoms with Crippen molar-refractivity contribution in [1.29, 1.82) is 0 Å². The Hall–Kier alpha value is -3.93. The van der Waals surface area contributed by atoms with E-state index in [-0.39, 0.29) is 40.8 Å². The number of phenols is 3. The number of fused-ring (bicyclic) bond motifs is 2. The molecule has 2 aliphatic rings. The van der Waals surface area contributed by atoms with E-state index in [2.05, 4.69) is 0 Å². The molecule has 0 aromatic heterocycles. The predicted molar refractivity (Wildman–Crippen MR) is 140 cm³/mol. The van der Waals surface area contributed by atoms with Gasteiger partial charge in [0, 0.05) is 22.8 Å². The van der Waals surface area contributed by atoms with Crippen LogP contribution in [0.15, 0.2) is 59.7 Å². The Morgan fingerprint density at radius 2 is 1.86 bits per heavy atom. The normalized spacial score (nSPS) is 20.2. The summed E-state index contributed by atoms with van der Waals surface area (Å²) < 4.78 is 12.3. The molecule has 0 aliphatic carbocycles. The maximum Gasteiger partial charge on any atom is 0.174 e. The van der Waals surface area contributed by atoms with Crippen LogP contribution in [0.1, 0.15) is 74.2 Å². The van der Waals surface area contributed by atoms with E-state index < -0.39 is 11.7 Å². The molecule has 0 amide bonds. The molecular weight excluding hydrogens is 456 g/mol. The third-order valence-electron chi connectivity index (χ3n) is 6.29. The molecule has 0 radical (unpaired) electrons. The van der Waals surface area contributed by atoms with Gasteiger partial charge in [-0.15, -0.1) is 0 Å². The number of phenolic OH excluding ortho intramolecular Hbond substituents is 3. The molecule has 4 rings (SSSR count). The standard InChI is InChI=1S/C30H32O6/c1-17(2)7-6-13-30(5)14-12-20-19(10-11-22(31)29(20)36-30)25-16-24(33)27-26(35-25)15-23(32)21(28(27)34)9-8-18(3)4/h6-8,10-15,25,31-32,34H,9,16H2,1-5H3/b13-6+/t25-,30-/m0/s1. The van der Waals surface area contributed by atoms with E-state index in [1.165, 1.54) is 12.1 Å². The van der Waals surface area contributed by atoms with Gasteiger partial charge in [-0.25, -0.2) is 0 Å². The van der Waals surface area contributed by atoms with Crippen LogP contribution in [-0.2, 0) is 6.42 Å². The SMILES string of the molecule is CC(C)=C/C=C/[C@@]1(C)C=Cc2c([C@@H]3CC(=O)c4c(cc(O)c(CC=C(C)C)c4O)O3)ccc(O)c2O1. The molecule has 0 saturated carbocycles. The second-order valence-electron chi connectivity index (χ2n) is 9.95. The number of rotatable bonds is 5. The number of benzene rings is 2. The molecule has 36 heavy (non-hydrogen) atoms. The molecule has 2 aromatic rings. The Morgan fingerprint density at radius 3 is 2.56 bits per heavy atom. The molecule has 188 valence electrons. The van der Waals surface area contributed by atoms with Gasteiger partial charge in [0.25, 0.3) is 0 Å². The van der Waals surface area contributed by atoms with E-state index in [9.17, 15) is 20.1 Å². The average Bonchev–Trinajstić information content (AvgIpc) is 2.78. The molecule has 6 heteroatoms. The van der Waals surface area contributed by atoms with Crippen molar-refractivity contribution in [3.05, 3.63) is 82.0 Å². The van der Waals surface area contributed by atoms with Crippen molar-refractivity contribution in [1.82, 2.24) is 0 Å². The first-order chi connectivity index (χ1) is 17.0. The fourth-order valence-corrected chi connectivity index (χ4v) is 4.37. The van der Waals surface area contributed by atoms with Crippen molar-refractivity contribution in [2.24, 2.45) is 0 Å². The Labute approximate surface area is 211 Å². The van der Waals surface area contributed by atoms with Gasteiger partial charge >= 0.3 is 0 Å². The molecule has 0 fully saturated rings. The van der Waals surface area contributed by atoms with E-state index in [1.54, 1.807) is 6.07 Å². The first kappa shape index (κ1) is 25.2. The highest BCUT2D eigenvalue weighted by Crippen LogP contribution is 2.48. The lowest BCUT2D eigenvalue weighted by Crippen LogP contribution is -2.30. The summed E-state index contributed by atoms with van der Waals surface area (Å²) in [5.74, 6) is -0.239. The van der Waals surface area contributed by atoms with Crippen molar-refractivity contribution in [2.75, 3.05) is 0 Å². The van der Waals surface area contributed by atoms with Crippen molar-refractivity contribution < 1.29 is 29.6 Å². The summed E-state index contributed by atoms with van der Waals surface area (Å²) in [5.41, 5.74) is 3.09. The number of hydrogen-bond acceptors (Lipinski definition) is 6. The van der Waals surface area contributed by atoms with Crippen LogP contribution < -0.4 is 9.47 Å². The van der Waals surface area contributed by atoms with Crippen LogP contribution in [0.5, 0.6) is 28.7 Å². The Kier molecular flexibility index (Phi) is 6.72. The van der Waals surface area contributed by atoms with Crippen molar-refractivity contribution in [3.8, 4) is 28.7 Å². The minimum atomic E-state index is -0.760. The summed E-state index contributed by atoms with van der Waals surface area (Å²) in [7, 11) is 0. The lowest BCUT2D eigenvalue weighted by Gasteiger charge is -2.33. The molecule has 0 spiro atoms. The number of aromatic hydroxyl groups is 3. The number of carbonyl (C=O) groups is 1. The third-order valence-corrected chi connectivity index (χ3v) is 6.29. The molecule has 2 heterocycles. The highest BCUT2D eigenvalue weighted by Gasteiger charge is 2.36.